The molecule has 3 rings (SSSR count). The summed E-state index contributed by atoms with van der Waals surface area (Å²) in [6.45, 7) is 11.7. The number of esters is 1. The minimum Gasteiger partial charge on any atom is -0.452 e. The van der Waals surface area contributed by atoms with E-state index in [0.717, 1.165) is 41.4 Å². The van der Waals surface area contributed by atoms with Crippen LogP contribution in [0.15, 0.2) is 24.3 Å². The van der Waals surface area contributed by atoms with Crippen molar-refractivity contribution in [1.29, 1.82) is 0 Å². The molecule has 0 aliphatic heterocycles. The Balaban J connectivity index is 1.84. The van der Waals surface area contributed by atoms with Gasteiger partial charge >= 0.3 is 5.97 Å². The van der Waals surface area contributed by atoms with Crippen molar-refractivity contribution in [2.45, 2.75) is 53.9 Å². The molecule has 1 aromatic carbocycles. The largest absolute Gasteiger partial charge is 0.452 e. The molecular weight excluding hydrogens is 376 g/mol. The normalized spacial score (nSPS) is 16.0. The third-order valence-corrected chi connectivity index (χ3v) is 5.56. The van der Waals surface area contributed by atoms with E-state index in [1.807, 2.05) is 29.2 Å². The summed E-state index contributed by atoms with van der Waals surface area (Å²) in [5.74, 6) is 0.677. The van der Waals surface area contributed by atoms with Gasteiger partial charge in [0.25, 0.3) is 5.91 Å². The average Bonchev–Trinajstić information content (AvgIpc) is 2.68. The predicted octanol–water partition coefficient (Wildman–Crippen LogP) is 4.66. The van der Waals surface area contributed by atoms with Crippen molar-refractivity contribution < 1.29 is 14.3 Å². The lowest BCUT2D eigenvalue weighted by atomic mass is 9.84. The van der Waals surface area contributed by atoms with Crippen molar-refractivity contribution in [3.8, 4) is 0 Å². The number of hydrogen-bond acceptors (Lipinski definition) is 4. The first-order chi connectivity index (χ1) is 14.3. The molecule has 0 N–H and O–H groups in total. The summed E-state index contributed by atoms with van der Waals surface area (Å²) < 4.78 is 5.59. The molecule has 1 amide bonds. The second-order valence-corrected chi connectivity index (χ2v) is 9.44. The van der Waals surface area contributed by atoms with E-state index in [2.05, 4.69) is 34.6 Å². The van der Waals surface area contributed by atoms with Crippen LogP contribution >= 0.6 is 0 Å². The summed E-state index contributed by atoms with van der Waals surface area (Å²) in [6.07, 6.45) is 2.76. The predicted molar refractivity (Wildman–Crippen MR) is 119 cm³/mol. The second-order valence-electron chi connectivity index (χ2n) is 9.44. The number of aryl methyl sites for hydroxylation is 1. The first-order valence-corrected chi connectivity index (χ1v) is 11.1. The van der Waals surface area contributed by atoms with Crippen LogP contribution < -0.4 is 0 Å². The van der Waals surface area contributed by atoms with Gasteiger partial charge in [-0.15, -0.1) is 0 Å². The highest BCUT2D eigenvalue weighted by Crippen LogP contribution is 2.32. The van der Waals surface area contributed by atoms with E-state index in [-0.39, 0.29) is 12.5 Å². The first kappa shape index (κ1) is 22.3. The van der Waals surface area contributed by atoms with Gasteiger partial charge in [0.1, 0.15) is 0 Å². The lowest BCUT2D eigenvalue weighted by molar-refractivity contribution is -0.135. The number of rotatable bonds is 7. The van der Waals surface area contributed by atoms with Gasteiger partial charge in [-0.1, -0.05) is 52.8 Å². The summed E-state index contributed by atoms with van der Waals surface area (Å²) in [5, 5.41) is 0.809. The van der Waals surface area contributed by atoms with Crippen LogP contribution in [0.25, 0.3) is 10.9 Å². The zero-order valence-corrected chi connectivity index (χ0v) is 18.9. The van der Waals surface area contributed by atoms with Crippen molar-refractivity contribution in [3.63, 3.8) is 0 Å². The van der Waals surface area contributed by atoms with Gasteiger partial charge in [0.2, 0.25) is 0 Å². The monoisotopic (exact) mass is 410 g/mol. The van der Waals surface area contributed by atoms with Gasteiger partial charge in [0.05, 0.1) is 11.1 Å². The molecule has 1 aliphatic carbocycles. The van der Waals surface area contributed by atoms with Gasteiger partial charge in [-0.2, -0.15) is 0 Å². The van der Waals surface area contributed by atoms with Crippen LogP contribution in [-0.4, -0.2) is 41.5 Å². The molecule has 30 heavy (non-hydrogen) atoms. The summed E-state index contributed by atoms with van der Waals surface area (Å²) >= 11 is 0. The third-order valence-electron chi connectivity index (χ3n) is 5.56. The van der Waals surface area contributed by atoms with Crippen LogP contribution in [0.1, 0.15) is 62.7 Å². The molecule has 5 nitrogen and oxygen atoms in total. The van der Waals surface area contributed by atoms with E-state index in [9.17, 15) is 9.59 Å². The Labute approximate surface area is 179 Å². The fraction of sp³-hybridized carbons (Fsp3) is 0.560. The number of ether oxygens (including phenoxy) is 1. The van der Waals surface area contributed by atoms with Crippen molar-refractivity contribution >= 4 is 22.8 Å². The van der Waals surface area contributed by atoms with E-state index in [0.29, 0.717) is 36.4 Å². The van der Waals surface area contributed by atoms with Crippen molar-refractivity contribution in [1.82, 2.24) is 9.88 Å². The molecule has 5 heteroatoms. The minimum absolute atomic E-state index is 0.133. The Kier molecular flexibility index (Phi) is 7.11. The summed E-state index contributed by atoms with van der Waals surface area (Å²) in [5.41, 5.74) is 3.39. The fourth-order valence-electron chi connectivity index (χ4n) is 4.25. The zero-order valence-electron chi connectivity index (χ0n) is 18.9. The molecule has 0 bridgehead atoms. The second kappa shape index (κ2) is 9.59. The maximum atomic E-state index is 13.2. The number of fused-ring (bicyclic) bond motifs is 2. The molecular formula is C25H34N2O3. The highest BCUT2D eigenvalue weighted by Gasteiger charge is 2.27. The van der Waals surface area contributed by atoms with Crippen molar-refractivity contribution in [3.05, 3.63) is 41.1 Å². The van der Waals surface area contributed by atoms with Gasteiger partial charge in [0.15, 0.2) is 6.61 Å². The number of pyridine rings is 1. The molecule has 1 aromatic heterocycles. The maximum absolute atomic E-state index is 13.2. The van der Waals surface area contributed by atoms with E-state index in [1.165, 1.54) is 0 Å². The summed E-state index contributed by atoms with van der Waals surface area (Å²) in [4.78, 5) is 32.6. The molecule has 0 fully saturated rings. The highest BCUT2D eigenvalue weighted by atomic mass is 16.5. The number of carbonyl (C=O) groups is 2. The lowest BCUT2D eigenvalue weighted by Gasteiger charge is -2.27. The van der Waals surface area contributed by atoms with Crippen molar-refractivity contribution in [2.24, 2.45) is 17.8 Å². The lowest BCUT2D eigenvalue weighted by Crippen LogP contribution is -2.39. The topological polar surface area (TPSA) is 59.5 Å². The number of benzene rings is 1. The Hall–Kier alpha value is -2.43. The minimum atomic E-state index is -0.415. The highest BCUT2D eigenvalue weighted by molar-refractivity contribution is 6.05. The smallest absolute Gasteiger partial charge is 0.339 e. The molecule has 1 aliphatic rings. The Morgan fingerprint density at radius 3 is 2.47 bits per heavy atom. The molecule has 1 atom stereocenters. The van der Waals surface area contributed by atoms with E-state index in [1.54, 1.807) is 0 Å². The molecule has 0 saturated heterocycles. The van der Waals surface area contributed by atoms with Crippen LogP contribution in [-0.2, 0) is 22.4 Å². The van der Waals surface area contributed by atoms with Crippen LogP contribution in [0, 0.1) is 17.8 Å². The van der Waals surface area contributed by atoms with Crippen molar-refractivity contribution in [2.75, 3.05) is 19.7 Å². The number of hydrogen-bond donors (Lipinski definition) is 0. The van der Waals surface area contributed by atoms with Crippen LogP contribution in [0.2, 0.25) is 0 Å². The number of nitrogens with zero attached hydrogens (tertiary/aromatic N) is 2. The number of amides is 1. The quantitative estimate of drug-likeness (QED) is 0.623. The van der Waals surface area contributed by atoms with Gasteiger partial charge in [-0.3, -0.25) is 9.78 Å². The molecule has 0 radical (unpaired) electrons. The molecule has 162 valence electrons. The van der Waals surface area contributed by atoms with Crippen LogP contribution in [0.5, 0.6) is 0 Å². The summed E-state index contributed by atoms with van der Waals surface area (Å²) in [7, 11) is 0. The van der Waals surface area contributed by atoms with Gasteiger partial charge in [-0.05, 0) is 48.6 Å². The first-order valence-electron chi connectivity index (χ1n) is 11.1. The SMILES string of the molecule is CC(C)CN(CC(C)C)C(=O)COC(=O)c1c2c(nc3ccccc13)CC[C@H](C)C2. The number of para-hydroxylation sites is 1. The summed E-state index contributed by atoms with van der Waals surface area (Å²) in [6, 6.07) is 7.70. The fourth-order valence-corrected chi connectivity index (χ4v) is 4.25. The maximum Gasteiger partial charge on any atom is 0.339 e. The Bertz CT molecular complexity index is 910. The zero-order chi connectivity index (χ0) is 21.8. The third kappa shape index (κ3) is 5.18. The van der Waals surface area contributed by atoms with Gasteiger partial charge in [0, 0.05) is 24.2 Å². The van der Waals surface area contributed by atoms with Gasteiger partial charge in [-0.25, -0.2) is 4.79 Å². The molecule has 0 spiro atoms. The van der Waals surface area contributed by atoms with Crippen LogP contribution in [0.4, 0.5) is 0 Å². The number of aromatic nitrogens is 1. The molecule has 0 saturated carbocycles. The standard InChI is InChI=1S/C25H34N2O3/c1-16(2)13-27(14-17(3)4)23(28)15-30-25(29)24-19-8-6-7-9-21(19)26-22-11-10-18(5)12-20(22)24/h6-9,16-18H,10-15H2,1-5H3/t18-/m0/s1. The number of carbonyl (C=O) groups excluding carboxylic acids is 2. The Morgan fingerprint density at radius 2 is 1.80 bits per heavy atom. The van der Waals surface area contributed by atoms with E-state index >= 15 is 0 Å². The molecule has 1 heterocycles. The average molecular weight is 411 g/mol. The van der Waals surface area contributed by atoms with E-state index in [4.69, 9.17) is 9.72 Å². The molecule has 2 aromatic rings. The van der Waals surface area contributed by atoms with Crippen LogP contribution in [0.3, 0.4) is 0 Å². The van der Waals surface area contributed by atoms with E-state index < -0.39 is 5.97 Å². The van der Waals surface area contributed by atoms with Gasteiger partial charge < -0.3 is 9.64 Å². The Morgan fingerprint density at radius 1 is 1.13 bits per heavy atom. The molecule has 0 unspecified atom stereocenters.